The van der Waals surface area contributed by atoms with Crippen molar-refractivity contribution in [2.24, 2.45) is 11.8 Å². The number of phenols is 2. The zero-order valence-corrected chi connectivity index (χ0v) is 20.5. The average molecular weight is 561 g/mol. The summed E-state index contributed by atoms with van der Waals surface area (Å²) < 4.78 is 22.0. The highest BCUT2D eigenvalue weighted by atomic mass is 35.5. The summed E-state index contributed by atoms with van der Waals surface area (Å²) in [5.74, 6) is -3.57. The van der Waals surface area contributed by atoms with Crippen LogP contribution in [0.2, 0.25) is 0 Å². The van der Waals surface area contributed by atoms with Crippen LogP contribution in [0.4, 0.5) is 0 Å². The minimum atomic E-state index is -2.10. The largest absolute Gasteiger partial charge is 0.504 e. The molecule has 1 aromatic rings. The van der Waals surface area contributed by atoms with E-state index in [2.05, 4.69) is 0 Å². The Kier molecular flexibility index (Phi) is 8.52. The second-order valence-corrected chi connectivity index (χ2v) is 9.77. The van der Waals surface area contributed by atoms with Crippen molar-refractivity contribution in [3.63, 3.8) is 0 Å². The number of alkyl halides is 1. The van der Waals surface area contributed by atoms with E-state index in [-0.39, 0.29) is 11.5 Å². The normalized spacial score (nSPS) is 40.6. The van der Waals surface area contributed by atoms with E-state index < -0.39 is 85.1 Å². The third-order valence-corrected chi connectivity index (χ3v) is 7.60. The molecule has 4 rings (SSSR count). The summed E-state index contributed by atoms with van der Waals surface area (Å²) in [6.45, 7) is -1.58. The van der Waals surface area contributed by atoms with Crippen LogP contribution in [0.15, 0.2) is 36.6 Å². The highest BCUT2D eigenvalue weighted by Gasteiger charge is 2.65. The van der Waals surface area contributed by atoms with Crippen molar-refractivity contribution < 1.29 is 64.6 Å². The molecule has 14 heteroatoms. The Bertz CT molecular complexity index is 1060. The van der Waals surface area contributed by atoms with E-state index in [1.807, 2.05) is 0 Å². The molecule has 2 aliphatic heterocycles. The van der Waals surface area contributed by atoms with E-state index in [9.17, 15) is 45.6 Å². The number of fused-ring (bicyclic) bond motifs is 1. The summed E-state index contributed by atoms with van der Waals surface area (Å²) in [5.41, 5.74) is -1.72. The number of carbonyl (C=O) groups is 1. The third-order valence-electron chi connectivity index (χ3n) is 6.98. The number of hydrogen-bond donors (Lipinski definition) is 8. The number of rotatable bonds is 7. The van der Waals surface area contributed by atoms with Gasteiger partial charge >= 0.3 is 5.97 Å². The maximum Gasteiger partial charge on any atom is 0.331 e. The Morgan fingerprint density at radius 3 is 2.47 bits per heavy atom. The van der Waals surface area contributed by atoms with Gasteiger partial charge in [0.15, 0.2) is 17.8 Å². The zero-order valence-electron chi connectivity index (χ0n) is 19.7. The number of esters is 1. The van der Waals surface area contributed by atoms with Crippen LogP contribution in [-0.2, 0) is 23.7 Å². The van der Waals surface area contributed by atoms with Gasteiger partial charge in [0, 0.05) is 12.0 Å². The van der Waals surface area contributed by atoms with Crippen LogP contribution in [0, 0.1) is 11.8 Å². The molecule has 13 nitrogen and oxygen atoms in total. The summed E-state index contributed by atoms with van der Waals surface area (Å²) >= 11 is 6.48. The van der Waals surface area contributed by atoms with E-state index in [1.165, 1.54) is 36.6 Å². The third kappa shape index (κ3) is 5.21. The molecule has 1 aliphatic carbocycles. The molecule has 210 valence electrons. The Morgan fingerprint density at radius 1 is 1.08 bits per heavy atom. The second-order valence-electron chi connectivity index (χ2n) is 9.30. The van der Waals surface area contributed by atoms with Crippen molar-refractivity contribution in [3.8, 4) is 11.5 Å². The molecule has 0 amide bonds. The molecule has 1 saturated heterocycles. The fraction of sp³-hybridized carbons (Fsp3) is 0.542. The van der Waals surface area contributed by atoms with Crippen molar-refractivity contribution >= 4 is 23.6 Å². The van der Waals surface area contributed by atoms with Crippen LogP contribution in [0.25, 0.3) is 6.08 Å². The molecule has 3 aliphatic rings. The fourth-order valence-electron chi connectivity index (χ4n) is 4.89. The SMILES string of the molecule is O=C(C=Cc1ccc(O)c(O)c1)OC1C2C=COC(OC3OC(CO)C(O)C(O)C3O)C2C(O)(CO)C1Cl. The lowest BCUT2D eigenvalue weighted by Gasteiger charge is -2.43. The number of aliphatic hydroxyl groups is 6. The standard InChI is InChI=1S/C24H29ClO13/c25-21-20(37-15(30)4-2-10-1-3-12(28)13(29)7-10)11-5-6-35-22(16(11)24(21,34)9-27)38-23-19(33)18(32)17(31)14(8-26)36-23/h1-7,11,14,16-23,26-29,31-34H,8-9H2. The minimum absolute atomic E-state index is 0.332. The number of carbonyl (C=O) groups excluding carboxylic acids is 1. The number of ether oxygens (including phenoxy) is 4. The van der Waals surface area contributed by atoms with Crippen molar-refractivity contribution in [1.29, 1.82) is 0 Å². The summed E-state index contributed by atoms with van der Waals surface area (Å²) in [6.07, 6.45) is -5.55. The van der Waals surface area contributed by atoms with E-state index >= 15 is 0 Å². The maximum absolute atomic E-state index is 12.6. The van der Waals surface area contributed by atoms with Crippen molar-refractivity contribution in [3.05, 3.63) is 42.2 Å². The predicted octanol–water partition coefficient (Wildman–Crippen LogP) is -1.71. The van der Waals surface area contributed by atoms with Crippen molar-refractivity contribution in [2.45, 2.75) is 54.1 Å². The van der Waals surface area contributed by atoms with Crippen molar-refractivity contribution in [2.75, 3.05) is 13.2 Å². The lowest BCUT2D eigenvalue weighted by atomic mass is 9.84. The van der Waals surface area contributed by atoms with Crippen LogP contribution in [-0.4, -0.2) is 114 Å². The first-order valence-electron chi connectivity index (χ1n) is 11.7. The van der Waals surface area contributed by atoms with Gasteiger partial charge in [-0.3, -0.25) is 0 Å². The molecular weight excluding hydrogens is 532 g/mol. The van der Waals surface area contributed by atoms with Crippen LogP contribution in [0.3, 0.4) is 0 Å². The summed E-state index contributed by atoms with van der Waals surface area (Å²) in [5, 5.41) is 78.8. The number of halogens is 1. The first-order chi connectivity index (χ1) is 18.0. The second kappa shape index (κ2) is 11.3. The van der Waals surface area contributed by atoms with E-state index in [0.717, 1.165) is 6.08 Å². The Balaban J connectivity index is 1.52. The van der Waals surface area contributed by atoms with Gasteiger partial charge < -0.3 is 59.8 Å². The maximum atomic E-state index is 12.6. The topological polar surface area (TPSA) is 216 Å². The summed E-state index contributed by atoms with van der Waals surface area (Å²) in [4.78, 5) is 12.6. The summed E-state index contributed by atoms with van der Waals surface area (Å²) in [7, 11) is 0. The molecule has 0 aromatic heterocycles. The highest BCUT2D eigenvalue weighted by molar-refractivity contribution is 6.22. The molecule has 1 saturated carbocycles. The Labute approximate surface area is 221 Å². The summed E-state index contributed by atoms with van der Waals surface area (Å²) in [6, 6.07) is 3.91. The molecule has 8 N–H and O–H groups in total. The molecule has 0 spiro atoms. The average Bonchev–Trinajstić information content (AvgIpc) is 3.12. The number of hydrogen-bond acceptors (Lipinski definition) is 13. The number of aliphatic hydroxyl groups excluding tert-OH is 5. The smallest absolute Gasteiger partial charge is 0.331 e. The fourth-order valence-corrected chi connectivity index (χ4v) is 5.32. The van der Waals surface area contributed by atoms with Crippen LogP contribution in [0.5, 0.6) is 11.5 Å². The molecule has 11 unspecified atom stereocenters. The Morgan fingerprint density at radius 2 is 1.82 bits per heavy atom. The van der Waals surface area contributed by atoms with Crippen LogP contribution in [0.1, 0.15) is 5.56 Å². The van der Waals surface area contributed by atoms with Gasteiger partial charge in [0.2, 0.25) is 6.29 Å². The zero-order chi connectivity index (χ0) is 27.8. The van der Waals surface area contributed by atoms with Gasteiger partial charge in [-0.1, -0.05) is 6.07 Å². The predicted molar refractivity (Wildman–Crippen MR) is 126 cm³/mol. The molecule has 11 atom stereocenters. The van der Waals surface area contributed by atoms with Crippen molar-refractivity contribution in [1.82, 2.24) is 0 Å². The van der Waals surface area contributed by atoms with Gasteiger partial charge in [-0.05, 0) is 29.8 Å². The van der Waals surface area contributed by atoms with Crippen LogP contribution >= 0.6 is 11.6 Å². The minimum Gasteiger partial charge on any atom is -0.504 e. The number of aromatic hydroxyl groups is 2. The molecule has 0 bridgehead atoms. The van der Waals surface area contributed by atoms with E-state index in [0.29, 0.717) is 5.56 Å². The lowest BCUT2D eigenvalue weighted by molar-refractivity contribution is -0.347. The van der Waals surface area contributed by atoms with Gasteiger partial charge in [0.25, 0.3) is 0 Å². The molecular formula is C24H29ClO13. The first-order valence-corrected chi connectivity index (χ1v) is 12.1. The van der Waals surface area contributed by atoms with Gasteiger partial charge in [-0.15, -0.1) is 11.6 Å². The number of phenolic OH excluding ortho intramolecular Hbond substituents is 2. The monoisotopic (exact) mass is 560 g/mol. The molecule has 38 heavy (non-hydrogen) atoms. The molecule has 0 radical (unpaired) electrons. The highest BCUT2D eigenvalue weighted by Crippen LogP contribution is 2.50. The van der Waals surface area contributed by atoms with Crippen LogP contribution < -0.4 is 0 Å². The van der Waals surface area contributed by atoms with Gasteiger partial charge in [-0.25, -0.2) is 4.79 Å². The molecule has 1 aromatic carbocycles. The van der Waals surface area contributed by atoms with Gasteiger partial charge in [0.05, 0.1) is 25.4 Å². The van der Waals surface area contributed by atoms with Gasteiger partial charge in [-0.2, -0.15) is 0 Å². The van der Waals surface area contributed by atoms with E-state index in [1.54, 1.807) is 0 Å². The molecule has 2 heterocycles. The Hall–Kier alpha value is -2.46. The van der Waals surface area contributed by atoms with E-state index in [4.69, 9.17) is 30.5 Å². The first kappa shape index (κ1) is 28.5. The lowest BCUT2D eigenvalue weighted by Crippen LogP contribution is -2.61. The number of benzene rings is 1. The quantitative estimate of drug-likeness (QED) is 0.0807. The molecule has 2 fully saturated rings. The van der Waals surface area contributed by atoms with Gasteiger partial charge in [0.1, 0.15) is 41.5 Å².